The third-order valence-corrected chi connectivity index (χ3v) is 3.88. The van der Waals surface area contributed by atoms with Crippen molar-refractivity contribution in [3.63, 3.8) is 0 Å². The molecule has 3 rings (SSSR count). The number of carbonyl (C=O) groups is 2. The van der Waals surface area contributed by atoms with Crippen molar-refractivity contribution in [3.05, 3.63) is 71.9 Å². The molecule has 0 bridgehead atoms. The minimum absolute atomic E-state index is 0.235. The Morgan fingerprint density at radius 1 is 1.15 bits per heavy atom. The molecular weight excluding hydrogens is 344 g/mol. The van der Waals surface area contributed by atoms with Gasteiger partial charge in [0.25, 0.3) is 5.91 Å². The maximum absolute atomic E-state index is 12.5. The van der Waals surface area contributed by atoms with Gasteiger partial charge in [-0.15, -0.1) is 0 Å². The van der Waals surface area contributed by atoms with Gasteiger partial charge in [0.2, 0.25) is 0 Å². The average molecular weight is 360 g/mol. The van der Waals surface area contributed by atoms with Crippen molar-refractivity contribution in [2.45, 2.75) is 13.0 Å². The van der Waals surface area contributed by atoms with Gasteiger partial charge in [-0.25, -0.2) is 4.79 Å². The molecule has 7 heteroatoms. The fourth-order valence-corrected chi connectivity index (χ4v) is 2.47. The van der Waals surface area contributed by atoms with Crippen LogP contribution in [0.2, 0.25) is 0 Å². The number of hydrogen-bond donors (Lipinski definition) is 2. The van der Waals surface area contributed by atoms with Gasteiger partial charge >= 0.3 is 5.97 Å². The maximum Gasteiger partial charge on any atom is 0.342 e. The van der Waals surface area contributed by atoms with Gasteiger partial charge < -0.3 is 10.1 Å². The lowest BCUT2D eigenvalue weighted by atomic mass is 10.1. The SMILES string of the molecule is C[C@@H](OC(=O)c1cn[nH]c1-c1ccccc1)C(=O)Nc1ccccc1C#N. The van der Waals surface area contributed by atoms with Crippen LogP contribution >= 0.6 is 0 Å². The van der Waals surface area contributed by atoms with E-state index in [2.05, 4.69) is 15.5 Å². The average Bonchev–Trinajstić information content (AvgIpc) is 3.19. The Balaban J connectivity index is 1.71. The number of H-pyrrole nitrogens is 1. The molecule has 27 heavy (non-hydrogen) atoms. The van der Waals surface area contributed by atoms with Gasteiger partial charge in [0.15, 0.2) is 6.10 Å². The van der Waals surface area contributed by atoms with Crippen molar-refractivity contribution in [1.82, 2.24) is 10.2 Å². The number of nitriles is 1. The van der Waals surface area contributed by atoms with Gasteiger partial charge in [-0.2, -0.15) is 10.4 Å². The van der Waals surface area contributed by atoms with E-state index in [1.54, 1.807) is 24.3 Å². The van der Waals surface area contributed by atoms with Gasteiger partial charge in [0.1, 0.15) is 11.6 Å². The van der Waals surface area contributed by atoms with E-state index in [0.29, 0.717) is 16.9 Å². The number of rotatable bonds is 5. The predicted molar refractivity (Wildman–Crippen MR) is 98.7 cm³/mol. The summed E-state index contributed by atoms with van der Waals surface area (Å²) in [6.07, 6.45) is 0.308. The van der Waals surface area contributed by atoms with E-state index in [4.69, 9.17) is 10.00 Å². The van der Waals surface area contributed by atoms with Crippen molar-refractivity contribution in [2.24, 2.45) is 0 Å². The quantitative estimate of drug-likeness (QED) is 0.680. The van der Waals surface area contributed by atoms with Gasteiger partial charge in [-0.05, 0) is 19.1 Å². The lowest BCUT2D eigenvalue weighted by Gasteiger charge is -2.14. The molecule has 0 saturated heterocycles. The number of aromatic nitrogens is 2. The van der Waals surface area contributed by atoms with Gasteiger partial charge in [-0.3, -0.25) is 9.89 Å². The Morgan fingerprint density at radius 2 is 1.85 bits per heavy atom. The number of carbonyl (C=O) groups excluding carboxylic acids is 2. The molecule has 2 N–H and O–H groups in total. The molecule has 0 aliphatic rings. The molecule has 1 heterocycles. The summed E-state index contributed by atoms with van der Waals surface area (Å²) >= 11 is 0. The number of anilines is 1. The van der Waals surface area contributed by atoms with Crippen molar-refractivity contribution >= 4 is 17.6 Å². The highest BCUT2D eigenvalue weighted by Gasteiger charge is 2.23. The first-order chi connectivity index (χ1) is 13.1. The van der Waals surface area contributed by atoms with Crippen LogP contribution in [0.1, 0.15) is 22.8 Å². The zero-order valence-corrected chi connectivity index (χ0v) is 14.5. The van der Waals surface area contributed by atoms with Gasteiger partial charge in [0.05, 0.1) is 23.1 Å². The molecule has 0 unspecified atom stereocenters. The minimum atomic E-state index is -1.05. The molecule has 7 nitrogen and oxygen atoms in total. The first kappa shape index (κ1) is 17.9. The maximum atomic E-state index is 12.5. The molecule has 1 amide bonds. The van der Waals surface area contributed by atoms with Crippen LogP contribution in [0.5, 0.6) is 0 Å². The topological polar surface area (TPSA) is 108 Å². The van der Waals surface area contributed by atoms with Gasteiger partial charge in [0, 0.05) is 5.56 Å². The van der Waals surface area contributed by atoms with E-state index < -0.39 is 18.0 Å². The van der Waals surface area contributed by atoms with Crippen LogP contribution in [-0.2, 0) is 9.53 Å². The highest BCUT2D eigenvalue weighted by Crippen LogP contribution is 2.22. The van der Waals surface area contributed by atoms with Crippen LogP contribution in [0.15, 0.2) is 60.8 Å². The Labute approximate surface area is 155 Å². The Morgan fingerprint density at radius 3 is 2.59 bits per heavy atom. The zero-order chi connectivity index (χ0) is 19.2. The number of nitrogens with zero attached hydrogens (tertiary/aromatic N) is 2. The fourth-order valence-electron chi connectivity index (χ4n) is 2.47. The first-order valence-electron chi connectivity index (χ1n) is 8.20. The fraction of sp³-hybridized carbons (Fsp3) is 0.100. The summed E-state index contributed by atoms with van der Waals surface area (Å²) in [5, 5.41) is 18.4. The van der Waals surface area contributed by atoms with Crippen LogP contribution < -0.4 is 5.32 Å². The van der Waals surface area contributed by atoms with Gasteiger partial charge in [-0.1, -0.05) is 42.5 Å². The van der Waals surface area contributed by atoms with Crippen molar-refractivity contribution in [2.75, 3.05) is 5.32 Å². The Kier molecular flexibility index (Phi) is 5.28. The van der Waals surface area contributed by atoms with Crippen molar-refractivity contribution in [1.29, 1.82) is 5.26 Å². The molecule has 1 aromatic heterocycles. The third kappa shape index (κ3) is 4.02. The molecule has 0 saturated carbocycles. The molecule has 0 aliphatic carbocycles. The second-order valence-corrected chi connectivity index (χ2v) is 5.72. The lowest BCUT2D eigenvalue weighted by Crippen LogP contribution is -2.30. The van der Waals surface area contributed by atoms with Crippen LogP contribution in [0.25, 0.3) is 11.3 Å². The van der Waals surface area contributed by atoms with Crippen LogP contribution in [0, 0.1) is 11.3 Å². The molecule has 0 fully saturated rings. The largest absolute Gasteiger partial charge is 0.449 e. The minimum Gasteiger partial charge on any atom is -0.449 e. The Bertz CT molecular complexity index is 1010. The summed E-state index contributed by atoms with van der Waals surface area (Å²) in [7, 11) is 0. The molecule has 0 spiro atoms. The second-order valence-electron chi connectivity index (χ2n) is 5.72. The zero-order valence-electron chi connectivity index (χ0n) is 14.5. The van der Waals surface area contributed by atoms with E-state index in [1.807, 2.05) is 36.4 Å². The number of benzene rings is 2. The van der Waals surface area contributed by atoms with Crippen molar-refractivity contribution in [3.8, 4) is 17.3 Å². The van der Waals surface area contributed by atoms with Crippen LogP contribution in [0.3, 0.4) is 0 Å². The number of hydrogen-bond acceptors (Lipinski definition) is 5. The van der Waals surface area contributed by atoms with Crippen molar-refractivity contribution < 1.29 is 14.3 Å². The molecule has 3 aromatic rings. The van der Waals surface area contributed by atoms with Crippen LogP contribution in [-0.4, -0.2) is 28.2 Å². The summed E-state index contributed by atoms with van der Waals surface area (Å²) < 4.78 is 5.27. The third-order valence-electron chi connectivity index (χ3n) is 3.88. The highest BCUT2D eigenvalue weighted by atomic mass is 16.5. The summed E-state index contributed by atoms with van der Waals surface area (Å²) in [6, 6.07) is 17.8. The summed E-state index contributed by atoms with van der Waals surface area (Å²) in [5.74, 6) is -1.20. The smallest absolute Gasteiger partial charge is 0.342 e. The number of para-hydroxylation sites is 1. The normalized spacial score (nSPS) is 11.3. The van der Waals surface area contributed by atoms with Crippen LogP contribution in [0.4, 0.5) is 5.69 Å². The molecule has 1 atom stereocenters. The number of aromatic amines is 1. The molecule has 0 radical (unpaired) electrons. The number of ether oxygens (including phenoxy) is 1. The molecule has 134 valence electrons. The first-order valence-corrected chi connectivity index (χ1v) is 8.20. The monoisotopic (exact) mass is 360 g/mol. The summed E-state index contributed by atoms with van der Waals surface area (Å²) in [5.41, 5.74) is 2.22. The second kappa shape index (κ2) is 7.97. The predicted octanol–water partition coefficient (Wildman–Crippen LogP) is 3.13. The number of esters is 1. The van der Waals surface area contributed by atoms with E-state index in [1.165, 1.54) is 13.1 Å². The number of nitrogens with one attached hydrogen (secondary N) is 2. The molecule has 0 aliphatic heterocycles. The van der Waals surface area contributed by atoms with E-state index in [0.717, 1.165) is 5.56 Å². The lowest BCUT2D eigenvalue weighted by molar-refractivity contribution is -0.123. The van der Waals surface area contributed by atoms with E-state index >= 15 is 0 Å². The van der Waals surface area contributed by atoms with E-state index in [-0.39, 0.29) is 5.56 Å². The molecule has 2 aromatic carbocycles. The Hall–Kier alpha value is -3.92. The molecular formula is C20H16N4O3. The summed E-state index contributed by atoms with van der Waals surface area (Å²) in [4.78, 5) is 24.8. The number of amides is 1. The highest BCUT2D eigenvalue weighted by molar-refractivity contribution is 6.00. The standard InChI is InChI=1S/C20H16N4O3/c1-13(19(25)23-17-10-6-5-9-15(17)11-21)27-20(26)16-12-22-24-18(16)14-7-3-2-4-8-14/h2-10,12-13H,1H3,(H,22,24)(H,23,25)/t13-/m1/s1. The summed E-state index contributed by atoms with van der Waals surface area (Å²) in [6.45, 7) is 1.46. The van der Waals surface area contributed by atoms with E-state index in [9.17, 15) is 9.59 Å².